The van der Waals surface area contributed by atoms with Crippen LogP contribution < -0.4 is 11.1 Å². The summed E-state index contributed by atoms with van der Waals surface area (Å²) in [5.41, 5.74) is 7.71. The van der Waals surface area contributed by atoms with Crippen molar-refractivity contribution in [3.63, 3.8) is 0 Å². The first-order valence-corrected chi connectivity index (χ1v) is 12.5. The lowest BCUT2D eigenvalue weighted by molar-refractivity contribution is -0.150. The molecule has 2 atom stereocenters. The minimum Gasteiger partial charge on any atom is -0.477 e. The maximum absolute atomic E-state index is 12.8. The van der Waals surface area contributed by atoms with Crippen molar-refractivity contribution < 1.29 is 19.5 Å². The van der Waals surface area contributed by atoms with Gasteiger partial charge in [0.25, 0.3) is 5.91 Å². The van der Waals surface area contributed by atoms with Gasteiger partial charge in [0, 0.05) is 23.1 Å². The van der Waals surface area contributed by atoms with Crippen LogP contribution in [0.3, 0.4) is 0 Å². The Labute approximate surface area is 197 Å². The molecule has 0 bridgehead atoms. The Hall–Kier alpha value is -2.99. The normalized spacial score (nSPS) is 22.1. The number of nitrogen functional groups attached to an aromatic ring is 1. The number of aliphatic carboxylic acids is 1. The summed E-state index contributed by atoms with van der Waals surface area (Å²) in [7, 11) is 0. The summed E-state index contributed by atoms with van der Waals surface area (Å²) in [4.78, 5) is 43.0. The standard InChI is InChI=1S/C21H22N6O4S2/c22-13-4-2-1-3-11(13)7-14(28)23-15-18(29)27-16(20(30)31)12(8-32-19(15)27)9-33-21-24-17(25-26-21)10-5-6-10/h1-4,10,15,19H,5-9,22H2,(H,23,28)(H,30,31)(H,24,25,26)/t15?,19-/m1/s1. The Bertz CT molecular complexity index is 1160. The van der Waals surface area contributed by atoms with Gasteiger partial charge in [-0.15, -0.1) is 16.9 Å². The molecule has 10 nitrogen and oxygen atoms in total. The number of hydrogen-bond donors (Lipinski definition) is 4. The van der Waals surface area contributed by atoms with Crippen LogP contribution in [0.5, 0.6) is 0 Å². The second-order valence-corrected chi connectivity index (χ2v) is 10.2. The lowest BCUT2D eigenvalue weighted by Crippen LogP contribution is -2.70. The Morgan fingerprint density at radius 2 is 2.12 bits per heavy atom. The van der Waals surface area contributed by atoms with E-state index in [9.17, 15) is 19.5 Å². The molecule has 0 spiro atoms. The van der Waals surface area contributed by atoms with Crippen molar-refractivity contribution in [1.29, 1.82) is 0 Å². The number of anilines is 1. The number of carbonyl (C=O) groups excluding carboxylic acids is 2. The van der Waals surface area contributed by atoms with Crippen LogP contribution >= 0.6 is 23.5 Å². The van der Waals surface area contributed by atoms with E-state index in [1.54, 1.807) is 24.3 Å². The van der Waals surface area contributed by atoms with Crippen molar-refractivity contribution >= 4 is 47.0 Å². The predicted octanol–water partition coefficient (Wildman–Crippen LogP) is 1.34. The van der Waals surface area contributed by atoms with Gasteiger partial charge in [-0.25, -0.2) is 9.78 Å². The lowest BCUT2D eigenvalue weighted by Gasteiger charge is -2.49. The van der Waals surface area contributed by atoms with Gasteiger partial charge in [-0.05, 0) is 30.0 Å². The molecule has 1 unspecified atom stereocenters. The van der Waals surface area contributed by atoms with Crippen LogP contribution in [-0.2, 0) is 20.8 Å². The van der Waals surface area contributed by atoms with Gasteiger partial charge in [-0.1, -0.05) is 30.0 Å². The molecule has 3 heterocycles. The second-order valence-electron chi connectivity index (χ2n) is 8.15. The van der Waals surface area contributed by atoms with Crippen molar-refractivity contribution in [2.24, 2.45) is 0 Å². The van der Waals surface area contributed by atoms with E-state index >= 15 is 0 Å². The maximum atomic E-state index is 12.8. The molecular weight excluding hydrogens is 464 g/mol. The molecule has 3 aliphatic rings. The zero-order chi connectivity index (χ0) is 23.1. The van der Waals surface area contributed by atoms with E-state index in [-0.39, 0.29) is 18.0 Å². The molecule has 2 aromatic rings. The molecule has 172 valence electrons. The number of para-hydroxylation sites is 1. The van der Waals surface area contributed by atoms with E-state index < -0.39 is 23.3 Å². The third kappa shape index (κ3) is 4.32. The zero-order valence-electron chi connectivity index (χ0n) is 17.5. The molecule has 2 aliphatic heterocycles. The van der Waals surface area contributed by atoms with Crippen LogP contribution in [0.2, 0.25) is 0 Å². The highest BCUT2D eigenvalue weighted by Gasteiger charge is 2.54. The molecule has 1 saturated carbocycles. The second kappa shape index (κ2) is 8.75. The average Bonchev–Trinajstić information content (AvgIpc) is 3.54. The molecule has 2 fully saturated rings. The number of amides is 2. The van der Waals surface area contributed by atoms with Crippen molar-refractivity contribution in [3.8, 4) is 0 Å². The number of aromatic amines is 1. The summed E-state index contributed by atoms with van der Waals surface area (Å²) in [5, 5.41) is 19.8. The molecule has 12 heteroatoms. The number of β-lactam (4-membered cyclic amide) rings is 1. The van der Waals surface area contributed by atoms with E-state index in [0.717, 1.165) is 18.7 Å². The van der Waals surface area contributed by atoms with Crippen LogP contribution in [-0.4, -0.2) is 65.9 Å². The number of fused-ring (bicyclic) bond motifs is 1. The van der Waals surface area contributed by atoms with Gasteiger partial charge in [0.15, 0.2) is 0 Å². The Balaban J connectivity index is 1.24. The maximum Gasteiger partial charge on any atom is 0.352 e. The fraction of sp³-hybridized carbons (Fsp3) is 0.381. The molecule has 1 aliphatic carbocycles. The number of nitrogens with zero attached hydrogens (tertiary/aromatic N) is 3. The smallest absolute Gasteiger partial charge is 0.352 e. The van der Waals surface area contributed by atoms with Gasteiger partial charge in [0.1, 0.15) is 22.9 Å². The molecular formula is C21H22N6O4S2. The van der Waals surface area contributed by atoms with Gasteiger partial charge in [-0.3, -0.25) is 19.6 Å². The lowest BCUT2D eigenvalue weighted by atomic mass is 10.0. The fourth-order valence-corrected chi connectivity index (χ4v) is 6.19. The number of benzene rings is 1. The predicted molar refractivity (Wildman–Crippen MR) is 123 cm³/mol. The molecule has 2 amide bonds. The number of nitrogens with two attached hydrogens (primary N) is 1. The molecule has 1 aromatic carbocycles. The van der Waals surface area contributed by atoms with Crippen molar-refractivity contribution in [3.05, 3.63) is 46.9 Å². The van der Waals surface area contributed by atoms with Gasteiger partial charge >= 0.3 is 5.97 Å². The van der Waals surface area contributed by atoms with Crippen LogP contribution in [0.25, 0.3) is 0 Å². The summed E-state index contributed by atoms with van der Waals surface area (Å²) in [6.07, 6.45) is 2.27. The highest BCUT2D eigenvalue weighted by molar-refractivity contribution is 8.01. The number of carboxylic acid groups (broad SMARTS) is 1. The monoisotopic (exact) mass is 486 g/mol. The third-order valence-electron chi connectivity index (χ3n) is 5.79. The van der Waals surface area contributed by atoms with Gasteiger partial charge in [0.2, 0.25) is 11.1 Å². The first-order valence-electron chi connectivity index (χ1n) is 10.5. The Morgan fingerprint density at radius 3 is 2.85 bits per heavy atom. The highest BCUT2D eigenvalue weighted by Crippen LogP contribution is 2.42. The van der Waals surface area contributed by atoms with Crippen LogP contribution in [0.4, 0.5) is 5.69 Å². The van der Waals surface area contributed by atoms with Crippen LogP contribution in [0, 0.1) is 0 Å². The number of rotatable bonds is 8. The van der Waals surface area contributed by atoms with E-state index in [2.05, 4.69) is 20.5 Å². The minimum absolute atomic E-state index is 0.00740. The summed E-state index contributed by atoms with van der Waals surface area (Å²) in [5.74, 6) is 0.241. The zero-order valence-corrected chi connectivity index (χ0v) is 19.1. The van der Waals surface area contributed by atoms with E-state index in [1.165, 1.54) is 28.4 Å². The minimum atomic E-state index is -1.15. The van der Waals surface area contributed by atoms with Crippen LogP contribution in [0.15, 0.2) is 40.7 Å². The largest absolute Gasteiger partial charge is 0.477 e. The number of hydrogen-bond acceptors (Lipinski definition) is 8. The van der Waals surface area contributed by atoms with Crippen LogP contribution in [0.1, 0.15) is 30.1 Å². The van der Waals surface area contributed by atoms with Gasteiger partial charge in [0.05, 0.1) is 6.42 Å². The number of carbonyl (C=O) groups is 3. The first kappa shape index (κ1) is 21.8. The summed E-state index contributed by atoms with van der Waals surface area (Å²) in [6.45, 7) is 0. The van der Waals surface area contributed by atoms with E-state index in [4.69, 9.17) is 5.73 Å². The first-order chi connectivity index (χ1) is 15.9. The molecule has 5 N–H and O–H groups in total. The van der Waals surface area contributed by atoms with Crippen molar-refractivity contribution in [1.82, 2.24) is 25.4 Å². The molecule has 0 radical (unpaired) electrons. The van der Waals surface area contributed by atoms with Crippen molar-refractivity contribution in [2.75, 3.05) is 17.2 Å². The van der Waals surface area contributed by atoms with E-state index in [1.807, 2.05) is 0 Å². The molecule has 1 saturated heterocycles. The molecule has 5 rings (SSSR count). The summed E-state index contributed by atoms with van der Waals surface area (Å²) in [6, 6.07) is 6.29. The number of carboxylic acids is 1. The number of H-pyrrole nitrogens is 1. The fourth-order valence-electron chi connectivity index (χ4n) is 3.90. The number of nitrogens with one attached hydrogen (secondary N) is 2. The molecule has 1 aromatic heterocycles. The average molecular weight is 487 g/mol. The number of aromatic nitrogens is 3. The van der Waals surface area contributed by atoms with E-state index in [0.29, 0.717) is 39.4 Å². The summed E-state index contributed by atoms with van der Waals surface area (Å²) < 4.78 is 0. The van der Waals surface area contributed by atoms with Crippen molar-refractivity contribution in [2.45, 2.75) is 41.8 Å². The molecule has 33 heavy (non-hydrogen) atoms. The third-order valence-corrected chi connectivity index (χ3v) is 8.07. The Kier molecular flexibility index (Phi) is 5.79. The topological polar surface area (TPSA) is 154 Å². The van der Waals surface area contributed by atoms with Gasteiger partial charge < -0.3 is 16.2 Å². The SMILES string of the molecule is Nc1ccccc1CC(=O)NC1C(=O)N2C(C(=O)O)=C(CSc3n[nH]c(C4CC4)n3)CS[C@H]12. The van der Waals surface area contributed by atoms with Gasteiger partial charge in [-0.2, -0.15) is 0 Å². The number of thioether (sulfide) groups is 2. The highest BCUT2D eigenvalue weighted by atomic mass is 32.2. The quantitative estimate of drug-likeness (QED) is 0.246. The summed E-state index contributed by atoms with van der Waals surface area (Å²) >= 11 is 2.79. The Morgan fingerprint density at radius 1 is 1.33 bits per heavy atom.